The summed E-state index contributed by atoms with van der Waals surface area (Å²) in [5, 5.41) is 2.91. The van der Waals surface area contributed by atoms with E-state index in [4.69, 9.17) is 4.74 Å². The standard InChI is InChI=1S/C16H19N3O4S/c1-9(2)23-15(22)14-11(4)17-16(24-14)18-12(20)8-19-7-10(3)5-6-13(19)21/h5-7,9H,8H2,1-4H3,(H,17,18,20). The van der Waals surface area contributed by atoms with Gasteiger partial charge in [-0.1, -0.05) is 17.4 Å². The normalized spacial score (nSPS) is 10.7. The second-order valence-corrected chi connectivity index (χ2v) is 6.61. The first-order valence-electron chi connectivity index (χ1n) is 7.41. The van der Waals surface area contributed by atoms with Crippen LogP contribution in [0.25, 0.3) is 0 Å². The fourth-order valence-electron chi connectivity index (χ4n) is 1.99. The molecule has 2 rings (SSSR count). The molecule has 0 aliphatic heterocycles. The molecule has 2 heterocycles. The first-order chi connectivity index (χ1) is 11.3. The average Bonchev–Trinajstić information content (AvgIpc) is 2.82. The van der Waals surface area contributed by atoms with E-state index < -0.39 is 5.97 Å². The van der Waals surface area contributed by atoms with Gasteiger partial charge >= 0.3 is 5.97 Å². The highest BCUT2D eigenvalue weighted by molar-refractivity contribution is 7.17. The Balaban J connectivity index is 2.08. The average molecular weight is 349 g/mol. The predicted octanol–water partition coefficient (Wildman–Crippen LogP) is 2.13. The number of esters is 1. The Morgan fingerprint density at radius 3 is 2.71 bits per heavy atom. The summed E-state index contributed by atoms with van der Waals surface area (Å²) in [4.78, 5) is 40.3. The highest BCUT2D eigenvalue weighted by Gasteiger charge is 2.19. The molecule has 0 unspecified atom stereocenters. The second-order valence-electron chi connectivity index (χ2n) is 5.61. The van der Waals surface area contributed by atoms with Gasteiger partial charge in [-0.15, -0.1) is 0 Å². The predicted molar refractivity (Wildman–Crippen MR) is 91.5 cm³/mol. The van der Waals surface area contributed by atoms with Crippen LogP contribution in [0.4, 0.5) is 5.13 Å². The molecule has 1 amide bonds. The second kappa shape index (κ2) is 7.39. The van der Waals surface area contributed by atoms with Crippen molar-refractivity contribution in [2.75, 3.05) is 5.32 Å². The minimum Gasteiger partial charge on any atom is -0.459 e. The van der Waals surface area contributed by atoms with Crippen molar-refractivity contribution in [3.05, 3.63) is 44.8 Å². The lowest BCUT2D eigenvalue weighted by atomic mass is 10.3. The fourth-order valence-corrected chi connectivity index (χ4v) is 2.86. The minimum absolute atomic E-state index is 0.120. The van der Waals surface area contributed by atoms with Crippen molar-refractivity contribution < 1.29 is 14.3 Å². The molecular formula is C16H19N3O4S. The highest BCUT2D eigenvalue weighted by atomic mass is 32.1. The van der Waals surface area contributed by atoms with Crippen LogP contribution in [0.2, 0.25) is 0 Å². The zero-order chi connectivity index (χ0) is 17.9. The van der Waals surface area contributed by atoms with Crippen LogP contribution in [-0.4, -0.2) is 27.5 Å². The topological polar surface area (TPSA) is 90.3 Å². The molecule has 0 aliphatic rings. The van der Waals surface area contributed by atoms with Gasteiger partial charge in [-0.25, -0.2) is 9.78 Å². The summed E-state index contributed by atoms with van der Waals surface area (Å²) in [5.74, 6) is -0.851. The molecule has 0 bridgehead atoms. The van der Waals surface area contributed by atoms with Crippen LogP contribution in [0.3, 0.4) is 0 Å². The third kappa shape index (κ3) is 4.51. The van der Waals surface area contributed by atoms with Crippen molar-refractivity contribution in [3.63, 3.8) is 0 Å². The molecule has 0 spiro atoms. The van der Waals surface area contributed by atoms with E-state index in [1.165, 1.54) is 10.6 Å². The Morgan fingerprint density at radius 1 is 1.33 bits per heavy atom. The van der Waals surface area contributed by atoms with Crippen LogP contribution in [0.1, 0.15) is 34.8 Å². The summed E-state index contributed by atoms with van der Waals surface area (Å²) < 4.78 is 6.45. The van der Waals surface area contributed by atoms with Crippen LogP contribution in [0, 0.1) is 13.8 Å². The minimum atomic E-state index is -0.463. The number of thiazole rings is 1. The molecule has 0 saturated carbocycles. The van der Waals surface area contributed by atoms with Crippen LogP contribution in [0.15, 0.2) is 23.1 Å². The lowest BCUT2D eigenvalue weighted by molar-refractivity contribution is -0.116. The lowest BCUT2D eigenvalue weighted by Gasteiger charge is -2.06. The maximum absolute atomic E-state index is 12.1. The number of rotatable bonds is 5. The maximum Gasteiger partial charge on any atom is 0.350 e. The van der Waals surface area contributed by atoms with Crippen molar-refractivity contribution in [2.45, 2.75) is 40.3 Å². The lowest BCUT2D eigenvalue weighted by Crippen LogP contribution is -2.26. The van der Waals surface area contributed by atoms with Gasteiger partial charge in [0.15, 0.2) is 5.13 Å². The summed E-state index contributed by atoms with van der Waals surface area (Å²) in [7, 11) is 0. The molecule has 1 N–H and O–H groups in total. The fraction of sp³-hybridized carbons (Fsp3) is 0.375. The van der Waals surface area contributed by atoms with E-state index in [0.717, 1.165) is 16.9 Å². The first kappa shape index (κ1) is 17.9. The van der Waals surface area contributed by atoms with E-state index in [0.29, 0.717) is 15.7 Å². The zero-order valence-electron chi connectivity index (χ0n) is 14.0. The molecule has 0 aliphatic carbocycles. The Morgan fingerprint density at radius 2 is 2.04 bits per heavy atom. The van der Waals surface area contributed by atoms with E-state index in [1.54, 1.807) is 33.0 Å². The van der Waals surface area contributed by atoms with Crippen molar-refractivity contribution in [3.8, 4) is 0 Å². The quantitative estimate of drug-likeness (QED) is 0.835. The number of amides is 1. The number of hydrogen-bond donors (Lipinski definition) is 1. The van der Waals surface area contributed by atoms with Crippen LogP contribution in [0.5, 0.6) is 0 Å². The van der Waals surface area contributed by atoms with E-state index in [2.05, 4.69) is 10.3 Å². The summed E-state index contributed by atoms with van der Waals surface area (Å²) in [6.07, 6.45) is 1.38. The molecule has 0 atom stereocenters. The van der Waals surface area contributed by atoms with Gasteiger partial charge in [-0.2, -0.15) is 0 Å². The highest BCUT2D eigenvalue weighted by Crippen LogP contribution is 2.23. The number of ether oxygens (including phenoxy) is 1. The van der Waals surface area contributed by atoms with Gasteiger partial charge in [-0.05, 0) is 33.3 Å². The number of carbonyl (C=O) groups excluding carboxylic acids is 2. The van der Waals surface area contributed by atoms with E-state index in [-0.39, 0.29) is 24.1 Å². The van der Waals surface area contributed by atoms with Crippen molar-refractivity contribution in [1.82, 2.24) is 9.55 Å². The number of carbonyl (C=O) groups is 2. The molecule has 128 valence electrons. The Bertz CT molecular complexity index is 823. The molecule has 2 aromatic rings. The summed E-state index contributed by atoms with van der Waals surface area (Å²) in [5.41, 5.74) is 1.12. The number of nitrogens with one attached hydrogen (secondary N) is 1. The summed E-state index contributed by atoms with van der Waals surface area (Å²) >= 11 is 1.05. The number of aromatic nitrogens is 2. The third-order valence-corrected chi connectivity index (χ3v) is 4.07. The Kier molecular flexibility index (Phi) is 5.50. The van der Waals surface area contributed by atoms with Crippen LogP contribution in [-0.2, 0) is 16.1 Å². The number of anilines is 1. The molecular weight excluding hydrogens is 330 g/mol. The maximum atomic E-state index is 12.1. The third-order valence-electron chi connectivity index (χ3n) is 3.02. The molecule has 24 heavy (non-hydrogen) atoms. The van der Waals surface area contributed by atoms with Gasteiger partial charge in [0.2, 0.25) is 5.91 Å². The largest absolute Gasteiger partial charge is 0.459 e. The molecule has 0 aromatic carbocycles. The number of hydrogen-bond acceptors (Lipinski definition) is 6. The summed E-state index contributed by atoms with van der Waals surface area (Å²) in [6.45, 7) is 6.91. The first-order valence-corrected chi connectivity index (χ1v) is 8.23. The van der Waals surface area contributed by atoms with Gasteiger partial charge in [-0.3, -0.25) is 9.59 Å². The van der Waals surface area contributed by atoms with Crippen LogP contribution >= 0.6 is 11.3 Å². The molecule has 8 heteroatoms. The van der Waals surface area contributed by atoms with Gasteiger partial charge in [0.1, 0.15) is 11.4 Å². The molecule has 7 nitrogen and oxygen atoms in total. The van der Waals surface area contributed by atoms with Gasteiger partial charge < -0.3 is 14.6 Å². The van der Waals surface area contributed by atoms with Crippen molar-refractivity contribution in [2.24, 2.45) is 0 Å². The molecule has 0 saturated heterocycles. The van der Waals surface area contributed by atoms with Crippen molar-refractivity contribution in [1.29, 1.82) is 0 Å². The molecule has 0 fully saturated rings. The van der Waals surface area contributed by atoms with E-state index in [1.807, 2.05) is 6.92 Å². The van der Waals surface area contributed by atoms with E-state index >= 15 is 0 Å². The smallest absolute Gasteiger partial charge is 0.350 e. The Hall–Kier alpha value is -2.48. The van der Waals surface area contributed by atoms with E-state index in [9.17, 15) is 14.4 Å². The monoisotopic (exact) mass is 349 g/mol. The van der Waals surface area contributed by atoms with Gasteiger partial charge in [0, 0.05) is 12.3 Å². The SMILES string of the molecule is Cc1ccc(=O)n(CC(=O)Nc2nc(C)c(C(=O)OC(C)C)s2)c1. The Labute approximate surface area is 143 Å². The van der Waals surface area contributed by atoms with Crippen LogP contribution < -0.4 is 10.9 Å². The summed E-state index contributed by atoms with van der Waals surface area (Å²) in [6, 6.07) is 3.10. The van der Waals surface area contributed by atoms with Gasteiger partial charge in [0.25, 0.3) is 5.56 Å². The zero-order valence-corrected chi connectivity index (χ0v) is 14.8. The van der Waals surface area contributed by atoms with Crippen molar-refractivity contribution >= 4 is 28.3 Å². The number of pyridine rings is 1. The molecule has 2 aromatic heterocycles. The molecule has 0 radical (unpaired) electrons. The number of aryl methyl sites for hydroxylation is 2. The van der Waals surface area contributed by atoms with Gasteiger partial charge in [0.05, 0.1) is 11.8 Å². The number of nitrogens with zero attached hydrogens (tertiary/aromatic N) is 2.